The van der Waals surface area contributed by atoms with Gasteiger partial charge in [-0.25, -0.2) is 4.98 Å². The Labute approximate surface area is 109 Å². The summed E-state index contributed by atoms with van der Waals surface area (Å²) in [7, 11) is 0. The maximum Gasteiger partial charge on any atom is 0.273 e. The van der Waals surface area contributed by atoms with Crippen LogP contribution in [0.15, 0.2) is 41.1 Å². The molecule has 0 fully saturated rings. The van der Waals surface area contributed by atoms with Gasteiger partial charge >= 0.3 is 0 Å². The van der Waals surface area contributed by atoms with Crippen LogP contribution in [0.1, 0.15) is 23.2 Å². The molecule has 0 aromatic carbocycles. The Kier molecular flexibility index (Phi) is 3.52. The number of hydrogen-bond acceptors (Lipinski definition) is 5. The summed E-state index contributed by atoms with van der Waals surface area (Å²) in [5.41, 5.74) is -1.42. The molecule has 6 nitrogen and oxygen atoms in total. The molecule has 1 unspecified atom stereocenters. The molecule has 3 N–H and O–H groups in total. The highest BCUT2D eigenvalue weighted by Gasteiger charge is 2.27. The van der Waals surface area contributed by atoms with Crippen molar-refractivity contribution in [2.75, 3.05) is 6.54 Å². The first-order chi connectivity index (χ1) is 9.00. The molecule has 0 aliphatic carbocycles. The van der Waals surface area contributed by atoms with Gasteiger partial charge in [-0.1, -0.05) is 0 Å². The molecule has 100 valence electrons. The van der Waals surface area contributed by atoms with Crippen LogP contribution in [0.4, 0.5) is 0 Å². The van der Waals surface area contributed by atoms with Gasteiger partial charge < -0.3 is 19.9 Å². The van der Waals surface area contributed by atoms with E-state index in [1.807, 2.05) is 0 Å². The number of aromatic nitrogens is 1. The molecule has 0 aliphatic rings. The summed E-state index contributed by atoms with van der Waals surface area (Å²) >= 11 is 0. The Bertz CT molecular complexity index is 564. The topological polar surface area (TPSA) is 95.6 Å². The Morgan fingerprint density at radius 3 is 2.89 bits per heavy atom. The number of aliphatic hydroxyl groups is 1. The third kappa shape index (κ3) is 2.92. The van der Waals surface area contributed by atoms with Gasteiger partial charge in [-0.15, -0.1) is 0 Å². The molecule has 2 rings (SSSR count). The first-order valence-corrected chi connectivity index (χ1v) is 5.69. The van der Waals surface area contributed by atoms with E-state index in [0.29, 0.717) is 5.76 Å². The van der Waals surface area contributed by atoms with Crippen LogP contribution < -0.4 is 5.32 Å². The van der Waals surface area contributed by atoms with E-state index in [0.717, 1.165) is 0 Å². The minimum atomic E-state index is -1.33. The molecule has 0 radical (unpaired) electrons. The van der Waals surface area contributed by atoms with Gasteiger partial charge in [0.2, 0.25) is 0 Å². The highest BCUT2D eigenvalue weighted by atomic mass is 16.4. The number of nitrogens with one attached hydrogen (secondary N) is 1. The van der Waals surface area contributed by atoms with Crippen LogP contribution in [-0.4, -0.2) is 27.6 Å². The minimum absolute atomic E-state index is 0.0602. The minimum Gasteiger partial charge on any atom is -0.505 e. The lowest BCUT2D eigenvalue weighted by atomic mass is 10.0. The number of rotatable bonds is 4. The average molecular weight is 262 g/mol. The Balaban J connectivity index is 2.03. The molecule has 6 heteroatoms. The Morgan fingerprint density at radius 1 is 1.47 bits per heavy atom. The van der Waals surface area contributed by atoms with Crippen molar-refractivity contribution in [2.24, 2.45) is 0 Å². The number of carbonyl (C=O) groups is 1. The summed E-state index contributed by atoms with van der Waals surface area (Å²) in [5, 5.41) is 22.1. The highest BCUT2D eigenvalue weighted by Crippen LogP contribution is 2.20. The lowest BCUT2D eigenvalue weighted by Crippen LogP contribution is -2.38. The number of carbonyl (C=O) groups excluding carboxylic acids is 1. The van der Waals surface area contributed by atoms with Gasteiger partial charge in [0.05, 0.1) is 12.8 Å². The van der Waals surface area contributed by atoms with Crippen molar-refractivity contribution in [3.8, 4) is 5.75 Å². The molecule has 2 heterocycles. The zero-order chi connectivity index (χ0) is 13.9. The Hall–Kier alpha value is -2.34. The zero-order valence-electron chi connectivity index (χ0n) is 10.3. The van der Waals surface area contributed by atoms with Gasteiger partial charge in [-0.3, -0.25) is 4.79 Å². The highest BCUT2D eigenvalue weighted by molar-refractivity contribution is 5.94. The summed E-state index contributed by atoms with van der Waals surface area (Å²) in [6.45, 7) is 1.46. The van der Waals surface area contributed by atoms with Crippen molar-refractivity contribution in [3.63, 3.8) is 0 Å². The summed E-state index contributed by atoms with van der Waals surface area (Å²) in [6, 6.07) is 6.15. The molecule has 1 amide bonds. The second-order valence-electron chi connectivity index (χ2n) is 4.30. The number of pyridine rings is 1. The van der Waals surface area contributed by atoms with Crippen LogP contribution in [0, 0.1) is 0 Å². The molecule has 0 spiro atoms. The molecule has 0 bridgehead atoms. The third-order valence-corrected chi connectivity index (χ3v) is 2.65. The van der Waals surface area contributed by atoms with Gasteiger partial charge in [-0.2, -0.15) is 0 Å². The SMILES string of the molecule is CC(O)(CNC(=O)c1ncccc1O)c1ccco1. The number of nitrogens with zero attached hydrogens (tertiary/aromatic N) is 1. The van der Waals surface area contributed by atoms with E-state index >= 15 is 0 Å². The molecular weight excluding hydrogens is 248 g/mol. The maximum atomic E-state index is 11.8. The van der Waals surface area contributed by atoms with Crippen molar-refractivity contribution in [1.29, 1.82) is 0 Å². The summed E-state index contributed by atoms with van der Waals surface area (Å²) in [4.78, 5) is 15.6. The standard InChI is InChI=1S/C13H14N2O4/c1-13(18,10-5-3-7-19-10)8-15-12(17)11-9(16)4-2-6-14-11/h2-7,16,18H,8H2,1H3,(H,15,17). The summed E-state index contributed by atoms with van der Waals surface area (Å²) < 4.78 is 5.09. The van der Waals surface area contributed by atoms with E-state index in [1.165, 1.54) is 31.5 Å². The van der Waals surface area contributed by atoms with E-state index in [2.05, 4.69) is 10.3 Å². The second-order valence-corrected chi connectivity index (χ2v) is 4.30. The van der Waals surface area contributed by atoms with Crippen LogP contribution in [-0.2, 0) is 5.60 Å². The lowest BCUT2D eigenvalue weighted by Gasteiger charge is -2.21. The van der Waals surface area contributed by atoms with E-state index in [-0.39, 0.29) is 18.0 Å². The zero-order valence-corrected chi connectivity index (χ0v) is 10.3. The number of furan rings is 1. The molecular formula is C13H14N2O4. The van der Waals surface area contributed by atoms with E-state index in [1.54, 1.807) is 12.1 Å². The number of hydrogen-bond donors (Lipinski definition) is 3. The Morgan fingerprint density at radius 2 is 2.26 bits per heavy atom. The largest absolute Gasteiger partial charge is 0.505 e. The van der Waals surface area contributed by atoms with Crippen LogP contribution in [0.5, 0.6) is 5.75 Å². The predicted octanol–water partition coefficient (Wildman–Crippen LogP) is 1.02. The predicted molar refractivity (Wildman–Crippen MR) is 66.5 cm³/mol. The fourth-order valence-electron chi connectivity index (χ4n) is 1.58. The normalized spacial score (nSPS) is 13.8. The molecule has 2 aromatic heterocycles. The fraction of sp³-hybridized carbons (Fsp3) is 0.231. The molecule has 0 saturated carbocycles. The number of amides is 1. The lowest BCUT2D eigenvalue weighted by molar-refractivity contribution is 0.0329. The van der Waals surface area contributed by atoms with Gasteiger partial charge in [-0.05, 0) is 31.2 Å². The van der Waals surface area contributed by atoms with Gasteiger partial charge in [0.1, 0.15) is 17.1 Å². The van der Waals surface area contributed by atoms with E-state index in [4.69, 9.17) is 4.42 Å². The summed E-state index contributed by atoms with van der Waals surface area (Å²) in [6.07, 6.45) is 2.84. The van der Waals surface area contributed by atoms with Gasteiger partial charge in [0, 0.05) is 6.20 Å². The number of aromatic hydroxyl groups is 1. The van der Waals surface area contributed by atoms with Crippen molar-refractivity contribution in [2.45, 2.75) is 12.5 Å². The summed E-state index contributed by atoms with van der Waals surface area (Å²) in [5.74, 6) is -0.430. The van der Waals surface area contributed by atoms with Crippen LogP contribution in [0.3, 0.4) is 0 Å². The van der Waals surface area contributed by atoms with Crippen LogP contribution in [0.2, 0.25) is 0 Å². The van der Waals surface area contributed by atoms with Crippen molar-refractivity contribution < 1.29 is 19.4 Å². The molecule has 1 atom stereocenters. The monoisotopic (exact) mass is 262 g/mol. The van der Waals surface area contributed by atoms with Gasteiger partial charge in [0.25, 0.3) is 5.91 Å². The van der Waals surface area contributed by atoms with Crippen LogP contribution in [0.25, 0.3) is 0 Å². The molecule has 0 aliphatic heterocycles. The van der Waals surface area contributed by atoms with Crippen molar-refractivity contribution in [3.05, 3.63) is 48.2 Å². The fourth-order valence-corrected chi connectivity index (χ4v) is 1.58. The maximum absolute atomic E-state index is 11.8. The van der Waals surface area contributed by atoms with E-state index < -0.39 is 11.5 Å². The van der Waals surface area contributed by atoms with Gasteiger partial charge in [0.15, 0.2) is 5.69 Å². The third-order valence-electron chi connectivity index (χ3n) is 2.65. The molecule has 0 saturated heterocycles. The second kappa shape index (κ2) is 5.11. The van der Waals surface area contributed by atoms with Crippen molar-refractivity contribution >= 4 is 5.91 Å². The quantitative estimate of drug-likeness (QED) is 0.764. The van der Waals surface area contributed by atoms with Crippen molar-refractivity contribution in [1.82, 2.24) is 10.3 Å². The first-order valence-electron chi connectivity index (χ1n) is 5.69. The first kappa shape index (κ1) is 13.1. The smallest absolute Gasteiger partial charge is 0.273 e. The molecule has 19 heavy (non-hydrogen) atoms. The van der Waals surface area contributed by atoms with E-state index in [9.17, 15) is 15.0 Å². The average Bonchev–Trinajstić information content (AvgIpc) is 2.91. The van der Waals surface area contributed by atoms with Crippen LogP contribution >= 0.6 is 0 Å². The molecule has 2 aromatic rings.